The van der Waals surface area contributed by atoms with Crippen molar-refractivity contribution in [2.45, 2.75) is 38.1 Å². The van der Waals surface area contributed by atoms with Crippen LogP contribution in [0.3, 0.4) is 0 Å². The van der Waals surface area contributed by atoms with Gasteiger partial charge < -0.3 is 0 Å². The van der Waals surface area contributed by atoms with Gasteiger partial charge in [0.25, 0.3) is 5.91 Å². The highest BCUT2D eigenvalue weighted by atomic mass is 35.5. The zero-order valence-electron chi connectivity index (χ0n) is 15.1. The number of nitrogens with zero attached hydrogens (tertiary/aromatic N) is 3. The highest BCUT2D eigenvalue weighted by Gasteiger charge is 2.38. The van der Waals surface area contributed by atoms with Gasteiger partial charge in [0.15, 0.2) is 11.0 Å². The molecule has 144 valence electrons. The van der Waals surface area contributed by atoms with E-state index in [1.165, 1.54) is 18.2 Å². The molecule has 0 N–H and O–H groups in total. The number of thioether (sulfide) groups is 1. The van der Waals surface area contributed by atoms with E-state index < -0.39 is 0 Å². The Bertz CT molecular complexity index is 920. The Labute approximate surface area is 178 Å². The van der Waals surface area contributed by atoms with Gasteiger partial charge in [-0.25, -0.2) is 9.98 Å². The third kappa shape index (κ3) is 4.12. The van der Waals surface area contributed by atoms with Gasteiger partial charge in [0.05, 0.1) is 4.91 Å². The van der Waals surface area contributed by atoms with E-state index in [2.05, 4.69) is 9.98 Å². The minimum Gasteiger partial charge on any atom is -0.283 e. The molecule has 1 aliphatic carbocycles. The Balaban J connectivity index is 1.73. The summed E-state index contributed by atoms with van der Waals surface area (Å²) < 4.78 is 0. The van der Waals surface area contributed by atoms with E-state index in [9.17, 15) is 4.79 Å². The summed E-state index contributed by atoms with van der Waals surface area (Å²) in [4.78, 5) is 24.7. The van der Waals surface area contributed by atoms with E-state index in [4.69, 9.17) is 23.2 Å². The number of amidine groups is 1. The van der Waals surface area contributed by atoms with E-state index in [1.807, 2.05) is 23.1 Å². The number of rotatable bonds is 3. The van der Waals surface area contributed by atoms with Gasteiger partial charge in [0, 0.05) is 27.8 Å². The molecule has 1 aromatic carbocycles. The topological polar surface area (TPSA) is 45.6 Å². The van der Waals surface area contributed by atoms with Gasteiger partial charge in [-0.1, -0.05) is 54.6 Å². The standard InChI is InChI=1S/C21H19Cl2N3OS/c22-16-9-6-10-17(23)15(16)13-18-20(27)26(14-7-2-1-3-8-14)21(28-18)25-19-11-4-5-12-24-19/h4-6,9-14H,1-3,7-8H2/b18-13-,25-21+. The maximum Gasteiger partial charge on any atom is 0.267 e. The molecule has 28 heavy (non-hydrogen) atoms. The summed E-state index contributed by atoms with van der Waals surface area (Å²) in [5, 5.41) is 1.71. The van der Waals surface area contributed by atoms with Crippen molar-refractivity contribution in [3.63, 3.8) is 0 Å². The fourth-order valence-electron chi connectivity index (χ4n) is 3.52. The van der Waals surface area contributed by atoms with Crippen molar-refractivity contribution in [1.82, 2.24) is 9.88 Å². The third-order valence-electron chi connectivity index (χ3n) is 4.91. The number of benzene rings is 1. The van der Waals surface area contributed by atoms with Gasteiger partial charge in [-0.3, -0.25) is 9.69 Å². The Hall–Kier alpha value is -1.82. The first kappa shape index (κ1) is 19.5. The smallest absolute Gasteiger partial charge is 0.267 e. The minimum absolute atomic E-state index is 0.0393. The molecule has 2 aromatic rings. The molecule has 1 aromatic heterocycles. The number of aliphatic imine (C=N–C) groups is 1. The predicted molar refractivity (Wildman–Crippen MR) is 117 cm³/mol. The molecule has 7 heteroatoms. The quantitative estimate of drug-likeness (QED) is 0.533. The van der Waals surface area contributed by atoms with Crippen LogP contribution in [-0.4, -0.2) is 27.0 Å². The molecule has 2 fully saturated rings. The van der Waals surface area contributed by atoms with Crippen LogP contribution in [-0.2, 0) is 4.79 Å². The molecule has 0 bridgehead atoms. The Morgan fingerprint density at radius 2 is 1.82 bits per heavy atom. The summed E-state index contributed by atoms with van der Waals surface area (Å²) in [7, 11) is 0. The first-order valence-electron chi connectivity index (χ1n) is 9.30. The van der Waals surface area contributed by atoms with Gasteiger partial charge in [0.2, 0.25) is 0 Å². The second kappa shape index (κ2) is 8.68. The average Bonchev–Trinajstić information content (AvgIpc) is 3.01. The van der Waals surface area contributed by atoms with Crippen LogP contribution < -0.4 is 0 Å². The summed E-state index contributed by atoms with van der Waals surface area (Å²) in [6.45, 7) is 0. The lowest BCUT2D eigenvalue weighted by Gasteiger charge is -2.30. The molecule has 0 unspecified atom stereocenters. The van der Waals surface area contributed by atoms with Gasteiger partial charge in [-0.05, 0) is 54.9 Å². The van der Waals surface area contributed by atoms with E-state index in [0.717, 1.165) is 25.7 Å². The van der Waals surface area contributed by atoms with Crippen molar-refractivity contribution in [2.24, 2.45) is 4.99 Å². The molecular formula is C21H19Cl2N3OS. The summed E-state index contributed by atoms with van der Waals surface area (Å²) in [6, 6.07) is 11.1. The van der Waals surface area contributed by atoms with Crippen LogP contribution in [0, 0.1) is 0 Å². The van der Waals surface area contributed by atoms with Crippen molar-refractivity contribution in [1.29, 1.82) is 0 Å². The lowest BCUT2D eigenvalue weighted by atomic mass is 9.94. The molecule has 4 nitrogen and oxygen atoms in total. The maximum atomic E-state index is 13.3. The molecule has 4 rings (SSSR count). The van der Waals surface area contributed by atoms with Gasteiger partial charge in [-0.15, -0.1) is 0 Å². The van der Waals surface area contributed by atoms with Crippen LogP contribution in [0.2, 0.25) is 10.0 Å². The lowest BCUT2D eigenvalue weighted by Crippen LogP contribution is -2.40. The summed E-state index contributed by atoms with van der Waals surface area (Å²) in [5.74, 6) is 0.554. The van der Waals surface area contributed by atoms with Crippen molar-refractivity contribution in [3.05, 3.63) is 63.1 Å². The second-order valence-electron chi connectivity index (χ2n) is 6.80. The molecule has 2 aliphatic rings. The van der Waals surface area contributed by atoms with Gasteiger partial charge in [-0.2, -0.15) is 0 Å². The molecular weight excluding hydrogens is 413 g/mol. The normalized spacial score (nSPS) is 21.1. The molecule has 1 amide bonds. The van der Waals surface area contributed by atoms with Crippen molar-refractivity contribution in [2.75, 3.05) is 0 Å². The van der Waals surface area contributed by atoms with Gasteiger partial charge >= 0.3 is 0 Å². The number of carbonyl (C=O) groups is 1. The minimum atomic E-state index is -0.0393. The number of amides is 1. The molecule has 1 saturated heterocycles. The SMILES string of the molecule is O=C1/C(=C/c2c(Cl)cccc2Cl)S/C(=N/c2ccccn2)N1C1CCCCC1. The third-order valence-corrected chi connectivity index (χ3v) is 6.55. The number of hydrogen-bond acceptors (Lipinski definition) is 4. The van der Waals surface area contributed by atoms with E-state index in [-0.39, 0.29) is 11.9 Å². The second-order valence-corrected chi connectivity index (χ2v) is 8.62. The molecule has 1 aliphatic heterocycles. The zero-order valence-corrected chi connectivity index (χ0v) is 17.5. The fraction of sp³-hybridized carbons (Fsp3) is 0.286. The fourth-order valence-corrected chi connectivity index (χ4v) is 5.06. The van der Waals surface area contributed by atoms with Crippen LogP contribution in [0.1, 0.15) is 37.7 Å². The van der Waals surface area contributed by atoms with Crippen molar-refractivity contribution < 1.29 is 4.79 Å². The molecule has 1 saturated carbocycles. The van der Waals surface area contributed by atoms with E-state index in [1.54, 1.807) is 30.5 Å². The van der Waals surface area contributed by atoms with Gasteiger partial charge in [0.1, 0.15) is 0 Å². The molecule has 0 atom stereocenters. The predicted octanol–water partition coefficient (Wildman–Crippen LogP) is 6.33. The van der Waals surface area contributed by atoms with E-state index >= 15 is 0 Å². The monoisotopic (exact) mass is 431 g/mol. The van der Waals surface area contributed by atoms with Crippen LogP contribution in [0.5, 0.6) is 0 Å². The van der Waals surface area contributed by atoms with Crippen LogP contribution in [0.15, 0.2) is 52.5 Å². The first-order valence-corrected chi connectivity index (χ1v) is 10.9. The average molecular weight is 432 g/mol. The van der Waals surface area contributed by atoms with Crippen LogP contribution in [0.4, 0.5) is 5.82 Å². The van der Waals surface area contributed by atoms with Crippen molar-refractivity contribution in [3.8, 4) is 0 Å². The number of aromatic nitrogens is 1. The van der Waals surface area contributed by atoms with Crippen LogP contribution >= 0.6 is 35.0 Å². The Morgan fingerprint density at radius 1 is 1.07 bits per heavy atom. The first-order chi connectivity index (χ1) is 13.6. The number of halogens is 2. The summed E-state index contributed by atoms with van der Waals surface area (Å²) in [6.07, 6.45) is 8.94. The van der Waals surface area contributed by atoms with E-state index in [0.29, 0.717) is 31.5 Å². The van der Waals surface area contributed by atoms with Crippen molar-refractivity contribution >= 4 is 57.9 Å². The number of carbonyl (C=O) groups excluding carboxylic acids is 1. The highest BCUT2D eigenvalue weighted by Crippen LogP contribution is 2.39. The molecule has 0 radical (unpaired) electrons. The maximum absolute atomic E-state index is 13.3. The number of hydrogen-bond donors (Lipinski definition) is 0. The lowest BCUT2D eigenvalue weighted by molar-refractivity contribution is -0.124. The summed E-state index contributed by atoms with van der Waals surface area (Å²) in [5.41, 5.74) is 0.657. The highest BCUT2D eigenvalue weighted by molar-refractivity contribution is 8.18. The Kier molecular flexibility index (Phi) is 6.04. The molecule has 0 spiro atoms. The molecule has 2 heterocycles. The largest absolute Gasteiger partial charge is 0.283 e. The van der Waals surface area contributed by atoms with Crippen LogP contribution in [0.25, 0.3) is 6.08 Å². The zero-order chi connectivity index (χ0) is 19.5. The summed E-state index contributed by atoms with van der Waals surface area (Å²) >= 11 is 14.0. The number of pyridine rings is 1. The Morgan fingerprint density at radius 3 is 2.50 bits per heavy atom.